The molecule has 0 N–H and O–H groups in total. The van der Waals surface area contributed by atoms with Crippen LogP contribution in [-0.4, -0.2) is 16.6 Å². The molecule has 1 fully saturated rings. The first kappa shape index (κ1) is 12.5. The van der Waals surface area contributed by atoms with Gasteiger partial charge in [0.1, 0.15) is 0 Å². The van der Waals surface area contributed by atoms with Crippen molar-refractivity contribution in [2.24, 2.45) is 5.92 Å². The van der Waals surface area contributed by atoms with Gasteiger partial charge in [-0.05, 0) is 25.2 Å². The Bertz CT molecular complexity index is 172. The van der Waals surface area contributed by atoms with E-state index in [-0.39, 0.29) is 22.9 Å². The molecule has 0 bridgehead atoms. The molecule has 0 saturated heterocycles. The minimum Gasteiger partial charge on any atom is -0.160 e. The molecule has 0 aromatic heterocycles. The number of alkyl halides is 4. The van der Waals surface area contributed by atoms with Crippen LogP contribution >= 0.6 is 23.4 Å². The number of hydrogen-bond donors (Lipinski definition) is 0. The summed E-state index contributed by atoms with van der Waals surface area (Å²) in [5, 5.41) is 0.0950. The quantitative estimate of drug-likeness (QED) is 0.664. The van der Waals surface area contributed by atoms with Gasteiger partial charge in [-0.1, -0.05) is 24.6 Å². The molecule has 0 amide bonds. The van der Waals surface area contributed by atoms with E-state index in [1.165, 1.54) is 0 Å². The van der Waals surface area contributed by atoms with Gasteiger partial charge < -0.3 is 0 Å². The van der Waals surface area contributed by atoms with Crippen molar-refractivity contribution in [2.45, 2.75) is 43.0 Å². The zero-order valence-electron chi connectivity index (χ0n) is 7.82. The minimum atomic E-state index is -4.09. The molecule has 1 aliphatic carbocycles. The van der Waals surface area contributed by atoms with Gasteiger partial charge in [-0.15, -0.1) is 11.6 Å². The van der Waals surface area contributed by atoms with E-state index in [0.29, 0.717) is 12.3 Å². The van der Waals surface area contributed by atoms with E-state index in [1.54, 1.807) is 0 Å². The summed E-state index contributed by atoms with van der Waals surface area (Å²) in [6.45, 7) is 0. The van der Waals surface area contributed by atoms with Crippen LogP contribution in [0.2, 0.25) is 0 Å². The van der Waals surface area contributed by atoms with Crippen molar-refractivity contribution >= 4 is 23.4 Å². The Morgan fingerprint density at radius 1 is 1.21 bits per heavy atom. The minimum absolute atomic E-state index is 0.0706. The summed E-state index contributed by atoms with van der Waals surface area (Å²) in [5.74, 6) is 0.442. The van der Waals surface area contributed by atoms with E-state index in [2.05, 4.69) is 0 Å². The monoisotopic (exact) mass is 246 g/mol. The maximum absolute atomic E-state index is 11.8. The fourth-order valence-electron chi connectivity index (χ4n) is 1.81. The van der Waals surface area contributed by atoms with E-state index in [9.17, 15) is 13.2 Å². The lowest BCUT2D eigenvalue weighted by atomic mass is 9.87. The first-order valence-corrected chi connectivity index (χ1v) is 6.26. The summed E-state index contributed by atoms with van der Waals surface area (Å²) in [7, 11) is 0. The van der Waals surface area contributed by atoms with Crippen molar-refractivity contribution in [1.82, 2.24) is 0 Å². The van der Waals surface area contributed by atoms with Gasteiger partial charge >= 0.3 is 5.51 Å². The maximum atomic E-state index is 11.8. The first-order valence-electron chi connectivity index (χ1n) is 4.84. The Morgan fingerprint density at radius 3 is 2.43 bits per heavy atom. The van der Waals surface area contributed by atoms with E-state index in [0.717, 1.165) is 25.7 Å². The van der Waals surface area contributed by atoms with Crippen LogP contribution in [0.4, 0.5) is 13.2 Å². The standard InChI is InChI=1S/C9H14ClF3S/c10-8-4-2-1-3-7(8)5-6-14-9(11,12)13/h7-8H,1-6H2. The van der Waals surface area contributed by atoms with E-state index < -0.39 is 5.51 Å². The highest BCUT2D eigenvalue weighted by Gasteiger charge is 2.29. The highest BCUT2D eigenvalue weighted by molar-refractivity contribution is 8.00. The average molecular weight is 247 g/mol. The molecule has 1 rings (SSSR count). The molecule has 0 nitrogen and oxygen atoms in total. The Morgan fingerprint density at radius 2 is 1.86 bits per heavy atom. The predicted octanol–water partition coefficient (Wildman–Crippen LogP) is 4.43. The van der Waals surface area contributed by atoms with Crippen LogP contribution in [-0.2, 0) is 0 Å². The van der Waals surface area contributed by atoms with Gasteiger partial charge in [0, 0.05) is 11.1 Å². The second-order valence-electron chi connectivity index (χ2n) is 3.64. The third kappa shape index (κ3) is 4.78. The summed E-state index contributed by atoms with van der Waals surface area (Å²) in [6.07, 6.45) is 4.79. The largest absolute Gasteiger partial charge is 0.441 e. The molecule has 0 radical (unpaired) electrons. The van der Waals surface area contributed by atoms with Crippen molar-refractivity contribution in [3.05, 3.63) is 0 Å². The molecule has 2 unspecified atom stereocenters. The molecule has 1 aliphatic rings. The van der Waals surface area contributed by atoms with Crippen molar-refractivity contribution in [2.75, 3.05) is 5.75 Å². The van der Waals surface area contributed by atoms with E-state index >= 15 is 0 Å². The Hall–Kier alpha value is 0.430. The molecule has 14 heavy (non-hydrogen) atoms. The number of rotatable bonds is 3. The van der Waals surface area contributed by atoms with Gasteiger partial charge in [-0.2, -0.15) is 13.2 Å². The third-order valence-electron chi connectivity index (χ3n) is 2.57. The van der Waals surface area contributed by atoms with Crippen LogP contribution in [0.25, 0.3) is 0 Å². The van der Waals surface area contributed by atoms with Gasteiger partial charge in [-0.3, -0.25) is 0 Å². The summed E-state index contributed by atoms with van der Waals surface area (Å²) in [4.78, 5) is 0. The Balaban J connectivity index is 2.17. The highest BCUT2D eigenvalue weighted by Crippen LogP contribution is 2.35. The molecular weight excluding hydrogens is 233 g/mol. The van der Waals surface area contributed by atoms with Crippen molar-refractivity contribution < 1.29 is 13.2 Å². The zero-order chi connectivity index (χ0) is 10.6. The molecule has 0 heterocycles. The fourth-order valence-corrected chi connectivity index (χ4v) is 2.87. The van der Waals surface area contributed by atoms with Gasteiger partial charge in [0.2, 0.25) is 0 Å². The van der Waals surface area contributed by atoms with Crippen molar-refractivity contribution in [1.29, 1.82) is 0 Å². The molecule has 0 aromatic rings. The van der Waals surface area contributed by atoms with Crippen LogP contribution in [0.15, 0.2) is 0 Å². The summed E-state index contributed by atoms with van der Waals surface area (Å²) >= 11 is 6.11. The third-order valence-corrected chi connectivity index (χ3v) is 3.91. The second kappa shape index (κ2) is 5.50. The van der Waals surface area contributed by atoms with Gasteiger partial charge in [0.05, 0.1) is 0 Å². The average Bonchev–Trinajstić information content (AvgIpc) is 2.06. The van der Waals surface area contributed by atoms with Crippen molar-refractivity contribution in [3.8, 4) is 0 Å². The summed E-state index contributed by atoms with van der Waals surface area (Å²) in [5.41, 5.74) is -4.09. The smallest absolute Gasteiger partial charge is 0.160 e. The molecule has 5 heteroatoms. The molecule has 0 aliphatic heterocycles. The Kier molecular flexibility index (Phi) is 4.91. The molecule has 0 spiro atoms. The van der Waals surface area contributed by atoms with Gasteiger partial charge in [0.15, 0.2) is 0 Å². The van der Waals surface area contributed by atoms with Crippen LogP contribution in [0, 0.1) is 5.92 Å². The van der Waals surface area contributed by atoms with Gasteiger partial charge in [0.25, 0.3) is 0 Å². The topological polar surface area (TPSA) is 0 Å². The number of thioether (sulfide) groups is 1. The van der Waals surface area contributed by atoms with Crippen molar-refractivity contribution in [3.63, 3.8) is 0 Å². The Labute approximate surface area is 91.6 Å². The summed E-state index contributed by atoms with van der Waals surface area (Å²) in [6, 6.07) is 0. The lowest BCUT2D eigenvalue weighted by molar-refractivity contribution is -0.0328. The van der Waals surface area contributed by atoms with Crippen LogP contribution in [0.1, 0.15) is 32.1 Å². The molecule has 2 atom stereocenters. The lowest BCUT2D eigenvalue weighted by Gasteiger charge is -2.26. The fraction of sp³-hybridized carbons (Fsp3) is 1.00. The normalized spacial score (nSPS) is 29.1. The number of halogens is 4. The SMILES string of the molecule is FC(F)(F)SCCC1CCCCC1Cl. The van der Waals surface area contributed by atoms with Crippen LogP contribution < -0.4 is 0 Å². The highest BCUT2D eigenvalue weighted by atomic mass is 35.5. The molecule has 1 saturated carbocycles. The first-order chi connectivity index (χ1) is 6.49. The van der Waals surface area contributed by atoms with E-state index in [1.807, 2.05) is 0 Å². The van der Waals surface area contributed by atoms with Crippen LogP contribution in [0.5, 0.6) is 0 Å². The lowest BCUT2D eigenvalue weighted by Crippen LogP contribution is -2.20. The molecule has 84 valence electrons. The maximum Gasteiger partial charge on any atom is 0.441 e. The zero-order valence-corrected chi connectivity index (χ0v) is 9.39. The molecular formula is C9H14ClF3S. The summed E-state index contributed by atoms with van der Waals surface area (Å²) < 4.78 is 35.5. The number of hydrogen-bond acceptors (Lipinski definition) is 1. The predicted molar refractivity (Wildman–Crippen MR) is 54.7 cm³/mol. The van der Waals surface area contributed by atoms with Crippen LogP contribution in [0.3, 0.4) is 0 Å². The van der Waals surface area contributed by atoms with Gasteiger partial charge in [-0.25, -0.2) is 0 Å². The molecule has 0 aromatic carbocycles. The second-order valence-corrected chi connectivity index (χ2v) is 5.36. The van der Waals surface area contributed by atoms with E-state index in [4.69, 9.17) is 11.6 Å².